The van der Waals surface area contributed by atoms with Gasteiger partial charge >= 0.3 is 0 Å². The van der Waals surface area contributed by atoms with Gasteiger partial charge in [-0.05, 0) is 30.4 Å². The van der Waals surface area contributed by atoms with Gasteiger partial charge in [0.1, 0.15) is 0 Å². The summed E-state index contributed by atoms with van der Waals surface area (Å²) in [6, 6.07) is 3.60. The van der Waals surface area contributed by atoms with Crippen LogP contribution in [0.4, 0.5) is 13.9 Å². The quantitative estimate of drug-likeness (QED) is 0.769. The van der Waals surface area contributed by atoms with Crippen LogP contribution in [-0.2, 0) is 10.2 Å². The molecule has 3 heterocycles. The SMILES string of the molecule is CC(C)(C)c1c(-c2csc(N3[C@@H]4CC[C@H]3COC4)n2)ccc(F)c1F. The van der Waals surface area contributed by atoms with Gasteiger partial charge in [0.2, 0.25) is 0 Å². The molecule has 2 bridgehead atoms. The molecule has 0 radical (unpaired) electrons. The maximum absolute atomic E-state index is 14.5. The maximum Gasteiger partial charge on any atom is 0.186 e. The number of thiazole rings is 1. The van der Waals surface area contributed by atoms with E-state index >= 15 is 0 Å². The van der Waals surface area contributed by atoms with Gasteiger partial charge in [-0.25, -0.2) is 13.8 Å². The van der Waals surface area contributed by atoms with Crippen molar-refractivity contribution in [3.05, 3.63) is 34.7 Å². The molecule has 0 aliphatic carbocycles. The van der Waals surface area contributed by atoms with Crippen molar-refractivity contribution in [1.82, 2.24) is 4.98 Å². The minimum Gasteiger partial charge on any atom is -0.377 e. The van der Waals surface area contributed by atoms with Crippen LogP contribution in [0.2, 0.25) is 0 Å². The highest BCUT2D eigenvalue weighted by molar-refractivity contribution is 7.14. The number of hydrogen-bond acceptors (Lipinski definition) is 4. The molecule has 0 unspecified atom stereocenters. The van der Waals surface area contributed by atoms with E-state index in [1.807, 2.05) is 26.2 Å². The number of aromatic nitrogens is 1. The first-order valence-electron chi connectivity index (χ1n) is 8.66. The minimum absolute atomic E-state index is 0.379. The van der Waals surface area contributed by atoms with Gasteiger partial charge in [-0.2, -0.15) is 0 Å². The zero-order chi connectivity index (χ0) is 17.8. The van der Waals surface area contributed by atoms with Crippen molar-refractivity contribution < 1.29 is 13.5 Å². The highest BCUT2D eigenvalue weighted by Crippen LogP contribution is 2.40. The van der Waals surface area contributed by atoms with Crippen LogP contribution in [0.25, 0.3) is 11.3 Å². The Balaban J connectivity index is 1.75. The molecule has 134 valence electrons. The van der Waals surface area contributed by atoms with E-state index in [9.17, 15) is 8.78 Å². The van der Waals surface area contributed by atoms with Crippen LogP contribution in [0, 0.1) is 11.6 Å². The summed E-state index contributed by atoms with van der Waals surface area (Å²) in [6.45, 7) is 7.16. The number of morpholine rings is 1. The lowest BCUT2D eigenvalue weighted by atomic mass is 9.82. The van der Waals surface area contributed by atoms with Gasteiger partial charge in [0, 0.05) is 16.5 Å². The van der Waals surface area contributed by atoms with Gasteiger partial charge in [-0.15, -0.1) is 11.3 Å². The number of rotatable bonds is 2. The number of halogens is 2. The van der Waals surface area contributed by atoms with Crippen molar-refractivity contribution in [3.63, 3.8) is 0 Å². The third-order valence-corrected chi connectivity index (χ3v) is 5.93. The van der Waals surface area contributed by atoms with Crippen LogP contribution in [0.15, 0.2) is 17.5 Å². The topological polar surface area (TPSA) is 25.4 Å². The van der Waals surface area contributed by atoms with Crippen LogP contribution in [0.5, 0.6) is 0 Å². The molecule has 2 aliphatic rings. The fourth-order valence-corrected chi connectivity index (χ4v) is 4.91. The predicted molar refractivity (Wildman–Crippen MR) is 96.3 cm³/mol. The second-order valence-corrected chi connectivity index (χ2v) is 8.72. The first kappa shape index (κ1) is 16.9. The molecule has 2 atom stereocenters. The summed E-state index contributed by atoms with van der Waals surface area (Å²) in [6.07, 6.45) is 2.25. The van der Waals surface area contributed by atoms with Crippen LogP contribution < -0.4 is 4.90 Å². The fourth-order valence-electron chi connectivity index (χ4n) is 3.94. The van der Waals surface area contributed by atoms with E-state index in [0.29, 0.717) is 23.2 Å². The average molecular weight is 364 g/mol. The van der Waals surface area contributed by atoms with E-state index in [1.54, 1.807) is 17.4 Å². The molecule has 2 aliphatic heterocycles. The summed E-state index contributed by atoms with van der Waals surface area (Å²) in [5.74, 6) is -1.58. The Morgan fingerprint density at radius 2 is 1.84 bits per heavy atom. The van der Waals surface area contributed by atoms with Crippen LogP contribution in [0.3, 0.4) is 0 Å². The van der Waals surface area contributed by atoms with Crippen molar-refractivity contribution in [3.8, 4) is 11.3 Å². The van der Waals surface area contributed by atoms with Gasteiger partial charge in [-0.3, -0.25) is 0 Å². The molecule has 2 aromatic rings. The number of hydrogen-bond donors (Lipinski definition) is 0. The molecular weight excluding hydrogens is 342 g/mol. The molecular formula is C19H22F2N2OS. The summed E-state index contributed by atoms with van der Waals surface area (Å²) < 4.78 is 33.9. The van der Waals surface area contributed by atoms with Gasteiger partial charge < -0.3 is 9.64 Å². The Morgan fingerprint density at radius 1 is 1.16 bits per heavy atom. The van der Waals surface area contributed by atoms with Crippen molar-refractivity contribution in [2.45, 2.75) is 51.1 Å². The second-order valence-electron chi connectivity index (χ2n) is 7.88. The molecule has 2 fully saturated rings. The summed E-state index contributed by atoms with van der Waals surface area (Å²) in [4.78, 5) is 7.15. The molecule has 2 saturated heterocycles. The van der Waals surface area contributed by atoms with Crippen LogP contribution in [0.1, 0.15) is 39.2 Å². The molecule has 1 aromatic carbocycles. The molecule has 0 N–H and O–H groups in total. The first-order chi connectivity index (χ1) is 11.9. The first-order valence-corrected chi connectivity index (χ1v) is 9.54. The van der Waals surface area contributed by atoms with Gasteiger partial charge in [0.15, 0.2) is 16.8 Å². The Bertz CT molecular complexity index is 783. The molecule has 3 nitrogen and oxygen atoms in total. The Morgan fingerprint density at radius 3 is 2.48 bits per heavy atom. The zero-order valence-electron chi connectivity index (χ0n) is 14.7. The summed E-state index contributed by atoms with van der Waals surface area (Å²) in [5.41, 5.74) is 1.27. The molecule has 6 heteroatoms. The van der Waals surface area contributed by atoms with Crippen LogP contribution in [-0.4, -0.2) is 30.3 Å². The fraction of sp³-hybridized carbons (Fsp3) is 0.526. The van der Waals surface area contributed by atoms with E-state index in [1.165, 1.54) is 6.07 Å². The molecule has 0 saturated carbocycles. The van der Waals surface area contributed by atoms with Crippen LogP contribution >= 0.6 is 11.3 Å². The summed E-state index contributed by atoms with van der Waals surface area (Å²) in [7, 11) is 0. The molecule has 0 spiro atoms. The van der Waals surface area contributed by atoms with E-state index in [2.05, 4.69) is 4.90 Å². The van der Waals surface area contributed by atoms with Crippen molar-refractivity contribution in [1.29, 1.82) is 0 Å². The number of fused-ring (bicyclic) bond motifs is 2. The zero-order valence-corrected chi connectivity index (χ0v) is 15.5. The van der Waals surface area contributed by atoms with E-state index in [0.717, 1.165) is 36.9 Å². The highest BCUT2D eigenvalue weighted by atomic mass is 32.1. The summed E-state index contributed by atoms with van der Waals surface area (Å²) >= 11 is 1.57. The Hall–Kier alpha value is -1.53. The Kier molecular flexibility index (Phi) is 4.07. The largest absolute Gasteiger partial charge is 0.377 e. The van der Waals surface area contributed by atoms with Gasteiger partial charge in [0.05, 0.1) is 31.0 Å². The smallest absolute Gasteiger partial charge is 0.186 e. The number of benzene rings is 1. The second kappa shape index (κ2) is 6.02. The number of ether oxygens (including phenoxy) is 1. The van der Waals surface area contributed by atoms with Crippen molar-refractivity contribution in [2.24, 2.45) is 0 Å². The van der Waals surface area contributed by atoms with E-state index < -0.39 is 17.0 Å². The normalized spacial score (nSPS) is 23.3. The van der Waals surface area contributed by atoms with Crippen molar-refractivity contribution in [2.75, 3.05) is 18.1 Å². The minimum atomic E-state index is -0.810. The standard InChI is InChI=1S/C19H22F2N2OS/c1-19(2,3)16-13(6-7-14(20)17(16)21)15-10-25-18(22-15)23-11-4-5-12(23)9-24-8-11/h6-7,10-12H,4-5,8-9H2,1-3H3/t11-,12+. The van der Waals surface area contributed by atoms with Gasteiger partial charge in [0.25, 0.3) is 0 Å². The number of nitrogens with zero attached hydrogens (tertiary/aromatic N) is 2. The van der Waals surface area contributed by atoms with Crippen molar-refractivity contribution >= 4 is 16.5 Å². The maximum atomic E-state index is 14.5. The lowest BCUT2D eigenvalue weighted by Crippen LogP contribution is -2.45. The third-order valence-electron chi connectivity index (χ3n) is 5.07. The van der Waals surface area contributed by atoms with Gasteiger partial charge in [-0.1, -0.05) is 20.8 Å². The third kappa shape index (κ3) is 2.85. The van der Waals surface area contributed by atoms with E-state index in [-0.39, 0.29) is 0 Å². The summed E-state index contributed by atoms with van der Waals surface area (Å²) in [5, 5.41) is 2.90. The predicted octanol–water partition coefficient (Wildman–Crippen LogP) is 4.75. The lowest BCUT2D eigenvalue weighted by Gasteiger charge is -2.34. The Labute approximate surface area is 150 Å². The molecule has 25 heavy (non-hydrogen) atoms. The highest BCUT2D eigenvalue weighted by Gasteiger charge is 2.39. The molecule has 1 aromatic heterocycles. The lowest BCUT2D eigenvalue weighted by molar-refractivity contribution is 0.0906. The monoisotopic (exact) mass is 364 g/mol. The average Bonchev–Trinajstić information content (AvgIpc) is 3.10. The molecule has 4 rings (SSSR count). The number of anilines is 1. The molecule has 0 amide bonds. The van der Waals surface area contributed by atoms with E-state index in [4.69, 9.17) is 9.72 Å².